The lowest BCUT2D eigenvalue weighted by molar-refractivity contribution is -0.143. The average Bonchev–Trinajstić information content (AvgIpc) is 1.54. The Bertz CT molecular complexity index is 4090. The molecule has 85 heavy (non-hydrogen) atoms. The molecule has 0 saturated heterocycles. The Morgan fingerprint density at radius 2 is 0.847 bits per heavy atom. The van der Waals surface area contributed by atoms with Crippen LogP contribution in [0.25, 0.3) is 50.2 Å². The van der Waals surface area contributed by atoms with Crippen LogP contribution in [0.5, 0.6) is 17.2 Å². The maximum atomic E-state index is 12.3. The van der Waals surface area contributed by atoms with Gasteiger partial charge in [0.1, 0.15) is 67.4 Å². The van der Waals surface area contributed by atoms with E-state index in [0.29, 0.717) is 46.7 Å². The second-order valence-electron chi connectivity index (χ2n) is 25.8. The molecule has 6 aromatic heterocycles. The van der Waals surface area contributed by atoms with Crippen LogP contribution in [0.15, 0.2) is 97.1 Å². The molecule has 0 unspecified atom stereocenters. The molecule has 0 fully saturated rings. The van der Waals surface area contributed by atoms with E-state index in [0.717, 1.165) is 86.9 Å². The van der Waals surface area contributed by atoms with Crippen LogP contribution in [-0.4, -0.2) is 70.1 Å². The van der Waals surface area contributed by atoms with Crippen molar-refractivity contribution in [2.45, 2.75) is 202 Å². The first-order valence-corrected chi connectivity index (χ1v) is 32.1. The zero-order chi connectivity index (χ0) is 60.5. The van der Waals surface area contributed by atoms with Crippen molar-refractivity contribution in [3.63, 3.8) is 0 Å². The Balaban J connectivity index is 0.000000145. The normalized spacial score (nSPS) is 12.4. The third-order valence-corrected chi connectivity index (χ3v) is 17.2. The molecule has 0 aliphatic carbocycles. The maximum Gasteiger partial charge on any atom is 0.306 e. The number of ether oxygens (including phenoxy) is 1. The summed E-state index contributed by atoms with van der Waals surface area (Å²) in [6.07, 6.45) is 22.2. The molecule has 0 saturated carbocycles. The highest BCUT2D eigenvalue weighted by Crippen LogP contribution is 2.42. The Morgan fingerprint density at radius 1 is 0.447 bits per heavy atom. The van der Waals surface area contributed by atoms with Crippen LogP contribution in [0, 0.1) is 13.8 Å². The molecule has 16 heteroatoms. The fraction of sp³-hybridized carbons (Fsp3) is 0.464. The van der Waals surface area contributed by atoms with Crippen molar-refractivity contribution in [2.75, 3.05) is 6.61 Å². The molecular formula is C69H89Cl2N9O5. The van der Waals surface area contributed by atoms with Crippen molar-refractivity contribution in [1.82, 2.24) is 42.2 Å². The molecular weight excluding hydrogens is 1110 g/mol. The number of nitrogens with zero attached hydrogens (tertiary/aromatic N) is 9. The number of aromatic nitrogens is 9. The molecule has 454 valence electrons. The van der Waals surface area contributed by atoms with Crippen LogP contribution >= 0.6 is 23.2 Å². The highest BCUT2D eigenvalue weighted by Gasteiger charge is 2.32. The summed E-state index contributed by atoms with van der Waals surface area (Å²) in [5.41, 5.74) is 14.9. The molecule has 14 nitrogen and oxygen atoms in total. The minimum atomic E-state index is -0.247. The molecule has 0 aliphatic rings. The molecule has 0 atom stereocenters. The number of fused-ring (bicyclic) bond motifs is 12. The van der Waals surface area contributed by atoms with Crippen molar-refractivity contribution in [3.8, 4) is 34.3 Å². The minimum absolute atomic E-state index is 0.110. The lowest BCUT2D eigenvalue weighted by atomic mass is 9.84. The summed E-state index contributed by atoms with van der Waals surface area (Å²) >= 11 is 12.2. The number of rotatable bonds is 24. The number of carbonyl (C=O) groups excluding carboxylic acids is 1. The van der Waals surface area contributed by atoms with E-state index in [1.54, 1.807) is 0 Å². The summed E-state index contributed by atoms with van der Waals surface area (Å²) in [6.45, 7) is 21.7. The van der Waals surface area contributed by atoms with Crippen molar-refractivity contribution in [2.24, 2.45) is 0 Å². The molecule has 3 N–H and O–H groups in total. The number of aromatic hydroxyl groups is 3. The van der Waals surface area contributed by atoms with Crippen LogP contribution < -0.4 is 0 Å². The van der Waals surface area contributed by atoms with Gasteiger partial charge < -0.3 is 20.1 Å². The summed E-state index contributed by atoms with van der Waals surface area (Å²) in [4.78, 5) is 18.3. The number of para-hydroxylation sites is 2. The lowest BCUT2D eigenvalue weighted by Crippen LogP contribution is -2.13. The topological polar surface area (TPSA) is 128 Å². The van der Waals surface area contributed by atoms with Crippen molar-refractivity contribution >= 4 is 62.3 Å². The van der Waals surface area contributed by atoms with E-state index in [9.17, 15) is 20.1 Å². The monoisotopic (exact) mass is 1190 g/mol. The van der Waals surface area contributed by atoms with Gasteiger partial charge in [0.25, 0.3) is 0 Å². The second-order valence-corrected chi connectivity index (χ2v) is 26.6. The first kappa shape index (κ1) is 61.1. The van der Waals surface area contributed by atoms with Gasteiger partial charge in [-0.3, -0.25) is 4.79 Å². The zero-order valence-electron chi connectivity index (χ0n) is 51.8. The van der Waals surface area contributed by atoms with Crippen molar-refractivity contribution < 1.29 is 24.9 Å². The SMILES string of the molecule is CCCCCCCCCCCCc1cc(C)cc(-n2n3c4ccccc4n23)c1O.CCCCCCCCOC(=O)CCc1cc(-n2n3c4ccc(Cl)cc4n23)c(O)c(C(C)(C)C)c1.Cc1cc(-n2n3c4ccc(Cl)cc4n23)c(O)c(C(C)(C)C)c1. The number of halogens is 2. The summed E-state index contributed by atoms with van der Waals surface area (Å²) in [5.74, 6) is 0.867. The van der Waals surface area contributed by atoms with Gasteiger partial charge in [-0.1, -0.05) is 199 Å². The molecule has 0 bridgehead atoms. The van der Waals surface area contributed by atoms with Crippen LogP contribution in [0.4, 0.5) is 0 Å². The Labute approximate surface area is 510 Å². The van der Waals surface area contributed by atoms with E-state index < -0.39 is 0 Å². The molecule has 12 aromatic rings. The summed E-state index contributed by atoms with van der Waals surface area (Å²) < 4.78 is 17.6. The van der Waals surface area contributed by atoms with E-state index in [1.165, 1.54) is 100 Å². The van der Waals surface area contributed by atoms with Gasteiger partial charge in [0.2, 0.25) is 0 Å². The molecule has 6 aromatic carbocycles. The standard InChI is InChI=1S/C27H36ClN3O3.C25H35N3O.C17H18ClN3O/c1-5-6-7-8-9-10-15-34-25(32)14-11-19-16-21(27(2,3)4)26(33)24(17-19)31-29-22-13-12-20(28)18-23(22)30(29)31;1-3-4-5-6-7-8-9-10-11-12-15-21-18-20(2)19-24(25(21)29)28-26-22-16-13-14-17-23(22)27(26)28;1-10-7-12(17(2,3)4)16(22)15(8-10)21-19-13-6-5-11(18)9-14(13)20(19)21/h12-13,16-18,33H,5-11,14-15H2,1-4H3;13-14,16-19,29H,3-12,15H2,1-2H3;5-9,22H,1-4H3. The lowest BCUT2D eigenvalue weighted by Gasteiger charge is -2.22. The number of aryl methyl sites for hydroxylation is 4. The molecule has 12 rings (SSSR count). The molecule has 0 spiro atoms. The summed E-state index contributed by atoms with van der Waals surface area (Å²) in [7, 11) is 0. The fourth-order valence-electron chi connectivity index (χ4n) is 11.9. The van der Waals surface area contributed by atoms with Gasteiger partial charge in [-0.25, -0.2) is 0 Å². The Kier molecular flexibility index (Phi) is 18.3. The van der Waals surface area contributed by atoms with Gasteiger partial charge >= 0.3 is 5.97 Å². The number of esters is 1. The third-order valence-electron chi connectivity index (χ3n) is 16.7. The Morgan fingerprint density at radius 3 is 1.33 bits per heavy atom. The van der Waals surface area contributed by atoms with Gasteiger partial charge in [0, 0.05) is 27.6 Å². The quantitative estimate of drug-likeness (QED) is 0.0410. The van der Waals surface area contributed by atoms with Crippen LogP contribution in [-0.2, 0) is 33.2 Å². The van der Waals surface area contributed by atoms with E-state index >= 15 is 0 Å². The first-order chi connectivity index (χ1) is 40.7. The van der Waals surface area contributed by atoms with Crippen LogP contribution in [0.2, 0.25) is 10.0 Å². The van der Waals surface area contributed by atoms with Crippen molar-refractivity contribution in [1.29, 1.82) is 0 Å². The first-order valence-electron chi connectivity index (χ1n) is 31.3. The second kappa shape index (κ2) is 25.5. The zero-order valence-corrected chi connectivity index (χ0v) is 53.3. The Hall–Kier alpha value is -7.03. The highest BCUT2D eigenvalue weighted by molar-refractivity contribution is 6.31. The number of phenols is 3. The van der Waals surface area contributed by atoms with E-state index in [1.807, 2.05) is 82.7 Å². The summed E-state index contributed by atoms with van der Waals surface area (Å²) in [5, 5.41) is 34.2. The van der Waals surface area contributed by atoms with Crippen LogP contribution in [0.1, 0.15) is 198 Å². The van der Waals surface area contributed by atoms with Gasteiger partial charge in [0.15, 0.2) is 0 Å². The maximum absolute atomic E-state index is 12.3. The molecule has 0 amide bonds. The average molecular weight is 1200 g/mol. The number of hydrogen-bond donors (Lipinski definition) is 3. The fourth-order valence-corrected chi connectivity index (χ4v) is 12.3. The van der Waals surface area contributed by atoms with E-state index in [4.69, 9.17) is 27.9 Å². The van der Waals surface area contributed by atoms with Crippen molar-refractivity contribution in [3.05, 3.63) is 140 Å². The number of carbonyl (C=O) groups is 1. The van der Waals surface area contributed by atoms with Gasteiger partial charge in [0.05, 0.1) is 6.61 Å². The van der Waals surface area contributed by atoms with E-state index in [-0.39, 0.29) is 22.5 Å². The highest BCUT2D eigenvalue weighted by atomic mass is 35.5. The number of hydrogen-bond acceptors (Lipinski definition) is 5. The smallest absolute Gasteiger partial charge is 0.306 e. The largest absolute Gasteiger partial charge is 0.505 e. The predicted octanol–water partition coefficient (Wildman–Crippen LogP) is 18.2. The van der Waals surface area contributed by atoms with Gasteiger partial charge in [-0.15, -0.1) is 42.2 Å². The predicted molar refractivity (Wildman–Crippen MR) is 347 cm³/mol. The molecule has 0 radical (unpaired) electrons. The van der Waals surface area contributed by atoms with Gasteiger partial charge in [-0.05, 0) is 139 Å². The molecule has 6 heterocycles. The minimum Gasteiger partial charge on any atom is -0.505 e. The van der Waals surface area contributed by atoms with Gasteiger partial charge in [-0.2, -0.15) is 0 Å². The molecule has 0 aliphatic heterocycles. The number of benzene rings is 6. The van der Waals surface area contributed by atoms with Crippen LogP contribution in [0.3, 0.4) is 0 Å². The number of unbranched alkanes of at least 4 members (excludes halogenated alkanes) is 14. The number of phenolic OH excluding ortho intramolecular Hbond substituents is 3. The van der Waals surface area contributed by atoms with E-state index in [2.05, 4.69) is 126 Å². The summed E-state index contributed by atoms with van der Waals surface area (Å²) in [6, 6.07) is 32.2. The third kappa shape index (κ3) is 13.1.